The van der Waals surface area contributed by atoms with Gasteiger partial charge in [-0.1, -0.05) is 48.5 Å². The van der Waals surface area contributed by atoms with Gasteiger partial charge in [-0.2, -0.15) is 0 Å². The first-order valence-corrected chi connectivity index (χ1v) is 8.63. The maximum Gasteiger partial charge on any atom is 0.339 e. The van der Waals surface area contributed by atoms with Gasteiger partial charge in [-0.15, -0.1) is 0 Å². The highest BCUT2D eigenvalue weighted by atomic mass is 32.2. The molecule has 0 spiro atoms. The Bertz CT molecular complexity index is 865. The minimum Gasteiger partial charge on any atom is -0.457 e. The second-order valence-corrected chi connectivity index (χ2v) is 7.05. The summed E-state index contributed by atoms with van der Waals surface area (Å²) in [4.78, 5) is 12.3. The van der Waals surface area contributed by atoms with E-state index in [2.05, 4.69) is 0 Å². The van der Waals surface area contributed by atoms with E-state index in [4.69, 9.17) is 4.74 Å². The molecule has 0 unspecified atom stereocenters. The van der Waals surface area contributed by atoms with Crippen LogP contribution in [0.2, 0.25) is 0 Å². The fourth-order valence-electron chi connectivity index (χ4n) is 2.55. The highest BCUT2D eigenvalue weighted by Gasteiger charge is 2.29. The van der Waals surface area contributed by atoms with Crippen LogP contribution in [0.5, 0.6) is 0 Å². The average Bonchev–Trinajstić information content (AvgIpc) is 2.89. The summed E-state index contributed by atoms with van der Waals surface area (Å²) in [5, 5.41) is 0. The highest BCUT2D eigenvalue weighted by Crippen LogP contribution is 2.35. The van der Waals surface area contributed by atoms with Crippen LogP contribution in [-0.4, -0.2) is 27.2 Å². The summed E-state index contributed by atoms with van der Waals surface area (Å²) < 4.78 is 29.1. The van der Waals surface area contributed by atoms with Crippen molar-refractivity contribution >= 4 is 27.0 Å². The quantitative estimate of drug-likeness (QED) is 0.817. The van der Waals surface area contributed by atoms with Gasteiger partial charge < -0.3 is 4.74 Å². The molecule has 3 rings (SSSR count). The Morgan fingerprint density at radius 2 is 1.59 bits per heavy atom. The molecule has 0 atom stereocenters. The number of hydrogen-bond acceptors (Lipinski definition) is 4. The van der Waals surface area contributed by atoms with Crippen LogP contribution in [0.1, 0.15) is 11.1 Å². The Labute approximate surface area is 129 Å². The molecule has 1 heterocycles. The molecule has 22 heavy (non-hydrogen) atoms. The van der Waals surface area contributed by atoms with Crippen LogP contribution < -0.4 is 0 Å². The molecule has 0 saturated heterocycles. The van der Waals surface area contributed by atoms with E-state index in [-0.39, 0.29) is 11.5 Å². The van der Waals surface area contributed by atoms with Gasteiger partial charge in [0.05, 0.1) is 10.5 Å². The zero-order valence-electron chi connectivity index (χ0n) is 11.9. The number of ether oxygens (including phenoxy) is 1. The first-order chi connectivity index (χ1) is 10.5. The first-order valence-electron chi connectivity index (χ1n) is 6.73. The summed E-state index contributed by atoms with van der Waals surface area (Å²) in [6.45, 7) is 0.0790. The van der Waals surface area contributed by atoms with E-state index in [9.17, 15) is 13.2 Å². The minimum absolute atomic E-state index is 0.0790. The third-order valence-electron chi connectivity index (χ3n) is 3.53. The van der Waals surface area contributed by atoms with Crippen molar-refractivity contribution in [3.8, 4) is 0 Å². The fraction of sp³-hybridized carbons (Fsp3) is 0.118. The number of rotatable bonds is 3. The molecule has 0 amide bonds. The lowest BCUT2D eigenvalue weighted by Crippen LogP contribution is -2.03. The zero-order chi connectivity index (χ0) is 15.7. The van der Waals surface area contributed by atoms with Crippen molar-refractivity contribution in [2.45, 2.75) is 4.90 Å². The molecule has 1 aliphatic heterocycles. The molecule has 112 valence electrons. The normalized spacial score (nSPS) is 15.0. The van der Waals surface area contributed by atoms with Crippen LogP contribution in [0.4, 0.5) is 0 Å². The van der Waals surface area contributed by atoms with Gasteiger partial charge in [0.2, 0.25) is 0 Å². The molecule has 0 N–H and O–H groups in total. The number of sulfone groups is 1. The summed E-state index contributed by atoms with van der Waals surface area (Å²) in [7, 11) is -3.40. The van der Waals surface area contributed by atoms with Crippen LogP contribution in [0.3, 0.4) is 0 Å². The van der Waals surface area contributed by atoms with Crippen molar-refractivity contribution in [1.29, 1.82) is 0 Å². The number of esters is 1. The first kappa shape index (κ1) is 14.5. The maximum atomic E-state index is 12.1. The van der Waals surface area contributed by atoms with Gasteiger partial charge in [0.15, 0.2) is 9.84 Å². The van der Waals surface area contributed by atoms with Gasteiger partial charge in [-0.05, 0) is 11.6 Å². The molecule has 1 aliphatic rings. The molecule has 0 saturated carbocycles. The minimum atomic E-state index is -3.40. The molecule has 2 aromatic carbocycles. The van der Waals surface area contributed by atoms with Crippen molar-refractivity contribution in [2.24, 2.45) is 0 Å². The molecule has 0 bridgehead atoms. The third-order valence-corrected chi connectivity index (χ3v) is 4.68. The smallest absolute Gasteiger partial charge is 0.339 e. The molecule has 2 aromatic rings. The Balaban J connectivity index is 2.27. The third kappa shape index (κ3) is 2.55. The second kappa shape index (κ2) is 5.42. The van der Waals surface area contributed by atoms with E-state index in [1.807, 2.05) is 30.3 Å². The lowest BCUT2D eigenvalue weighted by molar-refractivity contribution is -0.133. The van der Waals surface area contributed by atoms with Gasteiger partial charge in [0.25, 0.3) is 0 Å². The van der Waals surface area contributed by atoms with E-state index in [1.54, 1.807) is 24.3 Å². The van der Waals surface area contributed by atoms with Gasteiger partial charge in [-0.25, -0.2) is 13.2 Å². The molecule has 0 aliphatic carbocycles. The van der Waals surface area contributed by atoms with Crippen molar-refractivity contribution in [3.05, 3.63) is 65.7 Å². The molecule has 0 fully saturated rings. The predicted molar refractivity (Wildman–Crippen MR) is 83.8 cm³/mol. The number of cyclic esters (lactones) is 1. The summed E-state index contributed by atoms with van der Waals surface area (Å²) >= 11 is 0. The summed E-state index contributed by atoms with van der Waals surface area (Å²) in [6.07, 6.45) is 1.16. The molecule has 4 nitrogen and oxygen atoms in total. The summed E-state index contributed by atoms with van der Waals surface area (Å²) in [6, 6.07) is 15.8. The van der Waals surface area contributed by atoms with Gasteiger partial charge in [0, 0.05) is 17.4 Å². The lowest BCUT2D eigenvalue weighted by atomic mass is 9.97. The van der Waals surface area contributed by atoms with E-state index in [0.717, 1.165) is 11.8 Å². The van der Waals surface area contributed by atoms with Gasteiger partial charge in [-0.3, -0.25) is 0 Å². The number of carbonyl (C=O) groups is 1. The monoisotopic (exact) mass is 314 g/mol. The van der Waals surface area contributed by atoms with Crippen LogP contribution in [0.25, 0.3) is 11.1 Å². The summed E-state index contributed by atoms with van der Waals surface area (Å²) in [5.41, 5.74) is 2.28. The standard InChI is InChI=1S/C17H14O4S/c1-22(19,20)15-10-6-5-9-13(15)14-11-21-17(18)16(14)12-7-3-2-4-8-12/h2-10H,11H2,1H3. The number of carbonyl (C=O) groups excluding carboxylic acids is 1. The van der Waals surface area contributed by atoms with Crippen molar-refractivity contribution in [1.82, 2.24) is 0 Å². The van der Waals surface area contributed by atoms with Crippen LogP contribution in [0, 0.1) is 0 Å². The fourth-order valence-corrected chi connectivity index (χ4v) is 3.47. The zero-order valence-corrected chi connectivity index (χ0v) is 12.8. The molecule has 0 aromatic heterocycles. The van der Waals surface area contributed by atoms with E-state index < -0.39 is 15.8 Å². The average molecular weight is 314 g/mol. The van der Waals surface area contributed by atoms with Crippen molar-refractivity contribution in [2.75, 3.05) is 12.9 Å². The predicted octanol–water partition coefficient (Wildman–Crippen LogP) is 2.56. The molecule has 5 heteroatoms. The SMILES string of the molecule is CS(=O)(=O)c1ccccc1C1=C(c2ccccc2)C(=O)OC1. The Morgan fingerprint density at radius 1 is 0.955 bits per heavy atom. The van der Waals surface area contributed by atoms with Gasteiger partial charge >= 0.3 is 5.97 Å². The van der Waals surface area contributed by atoms with E-state index in [1.165, 1.54) is 0 Å². The maximum absolute atomic E-state index is 12.1. The Kier molecular flexibility index (Phi) is 3.58. The van der Waals surface area contributed by atoms with E-state index in [0.29, 0.717) is 16.7 Å². The van der Waals surface area contributed by atoms with Gasteiger partial charge in [0.1, 0.15) is 6.61 Å². The van der Waals surface area contributed by atoms with Crippen molar-refractivity contribution < 1.29 is 17.9 Å². The molecular formula is C17H14O4S. The number of benzene rings is 2. The molecule has 0 radical (unpaired) electrons. The topological polar surface area (TPSA) is 60.4 Å². The van der Waals surface area contributed by atoms with Crippen LogP contribution in [-0.2, 0) is 19.4 Å². The van der Waals surface area contributed by atoms with Crippen LogP contribution in [0.15, 0.2) is 59.5 Å². The number of hydrogen-bond donors (Lipinski definition) is 0. The largest absolute Gasteiger partial charge is 0.457 e. The highest BCUT2D eigenvalue weighted by molar-refractivity contribution is 7.90. The van der Waals surface area contributed by atoms with Crippen LogP contribution >= 0.6 is 0 Å². The Hall–Kier alpha value is -2.40. The second-order valence-electron chi connectivity index (χ2n) is 5.06. The summed E-state index contributed by atoms with van der Waals surface area (Å²) in [5.74, 6) is -0.426. The van der Waals surface area contributed by atoms with E-state index >= 15 is 0 Å². The van der Waals surface area contributed by atoms with Crippen molar-refractivity contribution in [3.63, 3.8) is 0 Å². The lowest BCUT2D eigenvalue weighted by Gasteiger charge is -2.09. The molecular weight excluding hydrogens is 300 g/mol. The Morgan fingerprint density at radius 3 is 2.27 bits per heavy atom.